The molecule has 0 unspecified atom stereocenters. The largest absolute Gasteiger partial charge is 0.493 e. The van der Waals surface area contributed by atoms with Gasteiger partial charge in [0.05, 0.1) is 18.4 Å². The van der Waals surface area contributed by atoms with Gasteiger partial charge in [0.25, 0.3) is 11.8 Å². The second-order valence-electron chi connectivity index (χ2n) is 8.43. The fourth-order valence-electron chi connectivity index (χ4n) is 3.94. The van der Waals surface area contributed by atoms with E-state index in [0.29, 0.717) is 34.1 Å². The van der Waals surface area contributed by atoms with Gasteiger partial charge >= 0.3 is 12.0 Å². The van der Waals surface area contributed by atoms with E-state index >= 15 is 0 Å². The monoisotopic (exact) mass is 546 g/mol. The predicted octanol–water partition coefficient (Wildman–Crippen LogP) is 5.02. The molecular formula is C29H23ClN2O7. The van der Waals surface area contributed by atoms with Crippen molar-refractivity contribution < 1.29 is 33.8 Å². The number of imide groups is 2. The van der Waals surface area contributed by atoms with Crippen LogP contribution >= 0.6 is 11.6 Å². The molecule has 0 saturated carbocycles. The highest BCUT2D eigenvalue weighted by Gasteiger charge is 2.36. The summed E-state index contributed by atoms with van der Waals surface area (Å²) in [7, 11) is 1.46. The van der Waals surface area contributed by atoms with Crippen LogP contribution in [0, 0.1) is 0 Å². The lowest BCUT2D eigenvalue weighted by Gasteiger charge is -2.26. The molecule has 0 radical (unpaired) electrons. The van der Waals surface area contributed by atoms with Crippen LogP contribution in [0.2, 0.25) is 5.02 Å². The van der Waals surface area contributed by atoms with E-state index in [1.54, 1.807) is 30.3 Å². The zero-order chi connectivity index (χ0) is 28.1. The smallest absolute Gasteiger partial charge is 0.335 e. The minimum atomic E-state index is -1.02. The maximum atomic E-state index is 13.2. The summed E-state index contributed by atoms with van der Waals surface area (Å²) in [5.74, 6) is -1.87. The SMILES string of the molecule is C=CCc1cc(/C=C2\C(=O)NC(=O)N(c3ccc(Cl)cc3)C2=O)cc(OC)c1OCc1ccc(C(=O)O)cc1. The number of carboxylic acids is 1. The van der Waals surface area contributed by atoms with Gasteiger partial charge in [0, 0.05) is 10.6 Å². The first kappa shape index (κ1) is 27.2. The quantitative estimate of drug-likeness (QED) is 0.219. The molecule has 0 aromatic heterocycles. The van der Waals surface area contributed by atoms with Gasteiger partial charge in [-0.25, -0.2) is 14.5 Å². The third kappa shape index (κ3) is 6.00. The number of rotatable bonds is 9. The summed E-state index contributed by atoms with van der Waals surface area (Å²) >= 11 is 5.92. The molecule has 3 aromatic carbocycles. The van der Waals surface area contributed by atoms with Crippen LogP contribution in [-0.4, -0.2) is 36.0 Å². The fourth-order valence-corrected chi connectivity index (χ4v) is 4.06. The molecular weight excluding hydrogens is 524 g/mol. The average Bonchev–Trinajstić information content (AvgIpc) is 2.91. The molecule has 198 valence electrons. The third-order valence-corrected chi connectivity index (χ3v) is 6.07. The highest BCUT2D eigenvalue weighted by molar-refractivity contribution is 6.39. The van der Waals surface area contributed by atoms with Gasteiger partial charge in [-0.05, 0) is 72.2 Å². The first-order chi connectivity index (χ1) is 18.7. The van der Waals surface area contributed by atoms with E-state index < -0.39 is 23.8 Å². The molecule has 0 atom stereocenters. The molecule has 0 aliphatic carbocycles. The van der Waals surface area contributed by atoms with Crippen molar-refractivity contribution in [1.82, 2.24) is 5.32 Å². The van der Waals surface area contributed by atoms with Crippen molar-refractivity contribution in [3.05, 3.63) is 106 Å². The molecule has 1 saturated heterocycles. The van der Waals surface area contributed by atoms with Crippen LogP contribution in [0.3, 0.4) is 0 Å². The molecule has 3 aromatic rings. The number of carbonyl (C=O) groups excluding carboxylic acids is 3. The lowest BCUT2D eigenvalue weighted by Crippen LogP contribution is -2.54. The van der Waals surface area contributed by atoms with Gasteiger partial charge < -0.3 is 14.6 Å². The van der Waals surface area contributed by atoms with Crippen molar-refractivity contribution in [2.24, 2.45) is 0 Å². The minimum Gasteiger partial charge on any atom is -0.493 e. The maximum Gasteiger partial charge on any atom is 0.335 e. The summed E-state index contributed by atoms with van der Waals surface area (Å²) in [5, 5.41) is 11.7. The van der Waals surface area contributed by atoms with Crippen molar-refractivity contribution in [2.75, 3.05) is 12.0 Å². The van der Waals surface area contributed by atoms with Crippen LogP contribution in [0.4, 0.5) is 10.5 Å². The molecule has 1 aliphatic heterocycles. The Kier molecular flexibility index (Phi) is 8.12. The number of amides is 4. The number of carboxylic acid groups (broad SMARTS) is 1. The maximum absolute atomic E-state index is 13.2. The van der Waals surface area contributed by atoms with Gasteiger partial charge in [-0.1, -0.05) is 29.8 Å². The number of carbonyl (C=O) groups is 4. The van der Waals surface area contributed by atoms with E-state index in [4.69, 9.17) is 26.2 Å². The lowest BCUT2D eigenvalue weighted by atomic mass is 10.0. The Balaban J connectivity index is 1.66. The number of aromatic carboxylic acids is 1. The summed E-state index contributed by atoms with van der Waals surface area (Å²) < 4.78 is 11.6. The normalized spacial score (nSPS) is 14.3. The molecule has 9 nitrogen and oxygen atoms in total. The second-order valence-corrected chi connectivity index (χ2v) is 8.87. The van der Waals surface area contributed by atoms with Crippen molar-refractivity contribution in [3.8, 4) is 11.5 Å². The molecule has 4 amide bonds. The number of methoxy groups -OCH3 is 1. The topological polar surface area (TPSA) is 122 Å². The summed E-state index contributed by atoms with van der Waals surface area (Å²) in [4.78, 5) is 50.3. The molecule has 39 heavy (non-hydrogen) atoms. The van der Waals surface area contributed by atoms with Gasteiger partial charge in [-0.2, -0.15) is 0 Å². The number of hydrogen-bond donors (Lipinski definition) is 2. The molecule has 2 N–H and O–H groups in total. The number of hydrogen-bond acceptors (Lipinski definition) is 6. The summed E-state index contributed by atoms with van der Waals surface area (Å²) in [6.07, 6.45) is 3.42. The first-order valence-electron chi connectivity index (χ1n) is 11.7. The molecule has 1 fully saturated rings. The van der Waals surface area contributed by atoms with Crippen LogP contribution in [0.1, 0.15) is 27.0 Å². The number of ether oxygens (including phenoxy) is 2. The van der Waals surface area contributed by atoms with Crippen molar-refractivity contribution in [2.45, 2.75) is 13.0 Å². The standard InChI is InChI=1S/C29H23ClN2O7/c1-3-4-20-13-18(15-24(38-2)25(20)39-16-17-5-7-19(8-6-17)28(35)36)14-23-26(33)31-29(37)32(27(23)34)22-11-9-21(30)10-12-22/h3,5-15H,1,4,16H2,2H3,(H,35,36)(H,31,33,37)/b23-14+. The Hall–Kier alpha value is -4.89. The van der Waals surface area contributed by atoms with E-state index in [1.807, 2.05) is 0 Å². The van der Waals surface area contributed by atoms with E-state index in [2.05, 4.69) is 11.9 Å². The van der Waals surface area contributed by atoms with Crippen molar-refractivity contribution in [3.63, 3.8) is 0 Å². The van der Waals surface area contributed by atoms with E-state index in [1.165, 1.54) is 49.6 Å². The third-order valence-electron chi connectivity index (χ3n) is 5.82. The highest BCUT2D eigenvalue weighted by atomic mass is 35.5. The van der Waals surface area contributed by atoms with Gasteiger partial charge in [-0.15, -0.1) is 6.58 Å². The number of halogens is 1. The van der Waals surface area contributed by atoms with Gasteiger partial charge in [0.15, 0.2) is 11.5 Å². The lowest BCUT2D eigenvalue weighted by molar-refractivity contribution is -0.122. The van der Waals surface area contributed by atoms with Crippen LogP contribution in [0.5, 0.6) is 11.5 Å². The molecule has 0 bridgehead atoms. The van der Waals surface area contributed by atoms with Gasteiger partial charge in [0.2, 0.25) is 0 Å². The summed E-state index contributed by atoms with van der Waals surface area (Å²) in [6.45, 7) is 3.92. The number of benzene rings is 3. The highest BCUT2D eigenvalue weighted by Crippen LogP contribution is 2.35. The number of anilines is 1. The van der Waals surface area contributed by atoms with Crippen molar-refractivity contribution in [1.29, 1.82) is 0 Å². The Labute approximate surface area is 228 Å². The van der Waals surface area contributed by atoms with Crippen LogP contribution in [0.25, 0.3) is 6.08 Å². The van der Waals surface area contributed by atoms with Crippen LogP contribution < -0.4 is 19.7 Å². The average molecular weight is 547 g/mol. The number of allylic oxidation sites excluding steroid dienone is 1. The molecule has 1 aliphatic rings. The zero-order valence-corrected chi connectivity index (χ0v) is 21.5. The number of urea groups is 1. The Morgan fingerprint density at radius 2 is 1.77 bits per heavy atom. The fraction of sp³-hybridized carbons (Fsp3) is 0.103. The molecule has 1 heterocycles. The minimum absolute atomic E-state index is 0.139. The van der Waals surface area contributed by atoms with E-state index in [9.17, 15) is 19.2 Å². The molecule has 4 rings (SSSR count). The summed E-state index contributed by atoms with van der Waals surface area (Å²) in [5.41, 5.74) is 2.06. The van der Waals surface area contributed by atoms with Gasteiger partial charge in [-0.3, -0.25) is 14.9 Å². The van der Waals surface area contributed by atoms with Crippen LogP contribution in [0.15, 0.2) is 78.9 Å². The number of nitrogens with zero attached hydrogens (tertiary/aromatic N) is 1. The second kappa shape index (κ2) is 11.7. The predicted molar refractivity (Wildman–Crippen MR) is 145 cm³/mol. The van der Waals surface area contributed by atoms with E-state index in [0.717, 1.165) is 10.5 Å². The Bertz CT molecular complexity index is 1500. The first-order valence-corrected chi connectivity index (χ1v) is 12.0. The molecule has 0 spiro atoms. The zero-order valence-electron chi connectivity index (χ0n) is 20.8. The van der Waals surface area contributed by atoms with Gasteiger partial charge in [0.1, 0.15) is 12.2 Å². The number of nitrogens with one attached hydrogen (secondary N) is 1. The van der Waals surface area contributed by atoms with Crippen LogP contribution in [-0.2, 0) is 22.6 Å². The Morgan fingerprint density at radius 3 is 2.38 bits per heavy atom. The molecule has 10 heteroatoms. The Morgan fingerprint density at radius 1 is 1.08 bits per heavy atom. The van der Waals surface area contributed by atoms with Crippen molar-refractivity contribution >= 4 is 47.2 Å². The van der Waals surface area contributed by atoms with E-state index in [-0.39, 0.29) is 23.4 Å². The summed E-state index contributed by atoms with van der Waals surface area (Å²) in [6, 6.07) is 14.8. The number of barbiturate groups is 1.